The first-order chi connectivity index (χ1) is 13.4. The van der Waals surface area contributed by atoms with Crippen LogP contribution in [0.4, 0.5) is 0 Å². The lowest BCUT2D eigenvalue weighted by atomic mass is 9.52. The average Bonchev–Trinajstić information content (AvgIpc) is 2.67. The van der Waals surface area contributed by atoms with Gasteiger partial charge in [-0.15, -0.1) is 0 Å². The third-order valence-corrected chi connectivity index (χ3v) is 7.57. The molecule has 6 rings (SSSR count). The van der Waals surface area contributed by atoms with Crippen LogP contribution in [-0.2, 0) is 4.79 Å². The van der Waals surface area contributed by atoms with Gasteiger partial charge < -0.3 is 20.1 Å². The lowest BCUT2D eigenvalue weighted by Crippen LogP contribution is -2.69. The molecule has 2 bridgehead atoms. The van der Waals surface area contributed by atoms with E-state index in [1.807, 2.05) is 23.1 Å². The highest BCUT2D eigenvalue weighted by Crippen LogP contribution is 2.59. The first-order valence-electron chi connectivity index (χ1n) is 10.5. The number of amides is 2. The lowest BCUT2D eigenvalue weighted by Gasteiger charge is -2.60. The third-order valence-electron chi connectivity index (χ3n) is 7.57. The molecule has 6 nitrogen and oxygen atoms in total. The van der Waals surface area contributed by atoms with Gasteiger partial charge in [-0.25, -0.2) is 0 Å². The molecular weight excluding hydrogens is 356 g/mol. The monoisotopic (exact) mass is 384 g/mol. The Labute approximate surface area is 165 Å². The van der Waals surface area contributed by atoms with Crippen molar-refractivity contribution in [2.45, 2.75) is 57.3 Å². The maximum absolute atomic E-state index is 13.3. The minimum absolute atomic E-state index is 0.0372. The van der Waals surface area contributed by atoms with E-state index in [0.717, 1.165) is 19.3 Å². The minimum Gasteiger partial charge on any atom is -0.467 e. The molecule has 2 aliphatic heterocycles. The number of aliphatic hydroxyl groups is 1. The van der Waals surface area contributed by atoms with Crippen molar-refractivity contribution in [3.8, 4) is 5.75 Å². The summed E-state index contributed by atoms with van der Waals surface area (Å²) in [5, 5.41) is 12.9. The van der Waals surface area contributed by atoms with E-state index in [4.69, 9.17) is 4.74 Å². The van der Waals surface area contributed by atoms with E-state index in [9.17, 15) is 14.7 Å². The summed E-state index contributed by atoms with van der Waals surface area (Å²) in [5.74, 6) is 0.887. The Kier molecular flexibility index (Phi) is 3.99. The maximum atomic E-state index is 13.3. The second kappa shape index (κ2) is 6.21. The molecule has 3 saturated carbocycles. The number of nitrogens with one attached hydrogen (secondary N) is 1. The number of likely N-dealkylation sites (tertiary alicyclic amines) is 1. The predicted molar refractivity (Wildman–Crippen MR) is 103 cm³/mol. The fraction of sp³-hybridized carbons (Fsp3) is 0.636. The molecule has 3 aliphatic carbocycles. The zero-order chi connectivity index (χ0) is 19.5. The second-order valence-electron chi connectivity index (χ2n) is 9.35. The molecule has 1 aromatic rings. The summed E-state index contributed by atoms with van der Waals surface area (Å²) in [5.41, 5.74) is -0.311. The SMILES string of the molecule is C[C@]12CC[C@@H](C[C@@H]1C(=O)N1CCC(O)CC1)[C@@]1(C2)NC(=O)c2ccccc2O1. The maximum Gasteiger partial charge on any atom is 0.258 e. The molecule has 2 N–H and O–H groups in total. The van der Waals surface area contributed by atoms with Gasteiger partial charge in [0.2, 0.25) is 5.91 Å². The van der Waals surface area contributed by atoms with Crippen molar-refractivity contribution in [2.75, 3.05) is 13.1 Å². The molecule has 2 amide bonds. The normalized spacial score (nSPS) is 37.4. The van der Waals surface area contributed by atoms with E-state index in [1.165, 1.54) is 0 Å². The van der Waals surface area contributed by atoms with Crippen molar-refractivity contribution in [3.05, 3.63) is 29.8 Å². The highest BCUT2D eigenvalue weighted by Gasteiger charge is 2.62. The topological polar surface area (TPSA) is 78.9 Å². The minimum atomic E-state index is -0.701. The summed E-state index contributed by atoms with van der Waals surface area (Å²) in [6.45, 7) is 3.47. The Bertz CT molecular complexity index is 819. The van der Waals surface area contributed by atoms with Crippen LogP contribution in [0.15, 0.2) is 24.3 Å². The number of fused-ring (bicyclic) bond motifs is 3. The van der Waals surface area contributed by atoms with Gasteiger partial charge in [-0.1, -0.05) is 19.1 Å². The zero-order valence-corrected chi connectivity index (χ0v) is 16.3. The molecule has 4 atom stereocenters. The van der Waals surface area contributed by atoms with Crippen molar-refractivity contribution in [3.63, 3.8) is 0 Å². The van der Waals surface area contributed by atoms with Gasteiger partial charge >= 0.3 is 0 Å². The standard InChI is InChI=1S/C22H28N2O4/c1-21-9-6-14(12-17(21)20(27)24-10-7-15(25)8-11-24)22(13-21)23-19(26)16-4-2-3-5-18(16)28-22/h2-5,14-15,17,25H,6-13H2,1H3,(H,23,26)/t14-,17+,21+,22-/m0/s1. The number of rotatable bonds is 1. The number of ether oxygens (including phenoxy) is 1. The fourth-order valence-corrected chi connectivity index (χ4v) is 5.94. The van der Waals surface area contributed by atoms with Crippen molar-refractivity contribution in [1.82, 2.24) is 10.2 Å². The van der Waals surface area contributed by atoms with Gasteiger partial charge in [0.1, 0.15) is 5.75 Å². The van der Waals surface area contributed by atoms with Crippen LogP contribution < -0.4 is 10.1 Å². The Morgan fingerprint density at radius 1 is 1.25 bits per heavy atom. The quantitative estimate of drug-likeness (QED) is 0.779. The van der Waals surface area contributed by atoms with Crippen LogP contribution in [0.5, 0.6) is 5.75 Å². The first-order valence-corrected chi connectivity index (χ1v) is 10.5. The molecule has 4 fully saturated rings. The van der Waals surface area contributed by atoms with Crippen LogP contribution in [0.2, 0.25) is 0 Å². The van der Waals surface area contributed by atoms with Gasteiger partial charge in [-0.3, -0.25) is 9.59 Å². The number of carbonyl (C=O) groups excluding carboxylic acids is 2. The number of carbonyl (C=O) groups is 2. The first kappa shape index (κ1) is 18.0. The predicted octanol–water partition coefficient (Wildman–Crippen LogP) is 2.31. The Morgan fingerprint density at radius 3 is 2.75 bits per heavy atom. The summed E-state index contributed by atoms with van der Waals surface area (Å²) in [7, 11) is 0. The van der Waals surface area contributed by atoms with E-state index in [0.29, 0.717) is 43.7 Å². The van der Waals surface area contributed by atoms with Gasteiger partial charge in [0.15, 0.2) is 5.72 Å². The molecule has 0 aromatic heterocycles. The summed E-state index contributed by atoms with van der Waals surface area (Å²) in [4.78, 5) is 28.0. The highest BCUT2D eigenvalue weighted by atomic mass is 16.5. The van der Waals surface area contributed by atoms with Gasteiger partial charge in [0.25, 0.3) is 5.91 Å². The number of nitrogens with zero attached hydrogens (tertiary/aromatic N) is 1. The van der Waals surface area contributed by atoms with Crippen LogP contribution in [-0.4, -0.2) is 46.7 Å². The molecular formula is C22H28N2O4. The molecule has 1 saturated heterocycles. The van der Waals surface area contributed by atoms with Crippen molar-refractivity contribution >= 4 is 11.8 Å². The lowest BCUT2D eigenvalue weighted by molar-refractivity contribution is -0.175. The van der Waals surface area contributed by atoms with Gasteiger partial charge in [-0.05, 0) is 49.7 Å². The van der Waals surface area contributed by atoms with E-state index < -0.39 is 5.72 Å². The molecule has 5 aliphatic rings. The molecule has 1 spiro atoms. The number of benzene rings is 1. The Balaban J connectivity index is 1.40. The number of hydrogen-bond acceptors (Lipinski definition) is 4. The van der Waals surface area contributed by atoms with Crippen molar-refractivity contribution < 1.29 is 19.4 Å². The van der Waals surface area contributed by atoms with Crippen molar-refractivity contribution in [1.29, 1.82) is 0 Å². The molecule has 28 heavy (non-hydrogen) atoms. The Morgan fingerprint density at radius 2 is 2.00 bits per heavy atom. The largest absolute Gasteiger partial charge is 0.467 e. The number of hydrogen-bond donors (Lipinski definition) is 2. The Hall–Kier alpha value is -2.08. The zero-order valence-electron chi connectivity index (χ0n) is 16.3. The highest BCUT2D eigenvalue weighted by molar-refractivity contribution is 5.98. The molecule has 2 heterocycles. The molecule has 0 unspecified atom stereocenters. The van der Waals surface area contributed by atoms with Crippen LogP contribution in [0, 0.1) is 17.3 Å². The summed E-state index contributed by atoms with van der Waals surface area (Å²) < 4.78 is 6.43. The van der Waals surface area contributed by atoms with E-state index >= 15 is 0 Å². The number of aliphatic hydroxyl groups excluding tert-OH is 1. The summed E-state index contributed by atoms with van der Waals surface area (Å²) in [6.07, 6.45) is 4.40. The van der Waals surface area contributed by atoms with E-state index in [1.54, 1.807) is 6.07 Å². The van der Waals surface area contributed by atoms with Gasteiger partial charge in [0.05, 0.1) is 11.7 Å². The average molecular weight is 384 g/mol. The van der Waals surface area contributed by atoms with Crippen LogP contribution in [0.3, 0.4) is 0 Å². The molecule has 1 aromatic carbocycles. The summed E-state index contributed by atoms with van der Waals surface area (Å²) in [6, 6.07) is 7.39. The van der Waals surface area contributed by atoms with Crippen LogP contribution in [0.25, 0.3) is 0 Å². The van der Waals surface area contributed by atoms with Crippen LogP contribution >= 0.6 is 0 Å². The van der Waals surface area contributed by atoms with E-state index in [2.05, 4.69) is 12.2 Å². The molecule has 0 radical (unpaired) electrons. The van der Waals surface area contributed by atoms with Crippen LogP contribution in [0.1, 0.15) is 55.8 Å². The molecule has 150 valence electrons. The van der Waals surface area contributed by atoms with Gasteiger partial charge in [-0.2, -0.15) is 0 Å². The smallest absolute Gasteiger partial charge is 0.258 e. The van der Waals surface area contributed by atoms with E-state index in [-0.39, 0.29) is 35.2 Å². The second-order valence-corrected chi connectivity index (χ2v) is 9.35. The third kappa shape index (κ3) is 2.65. The number of para-hydroxylation sites is 1. The molecule has 6 heteroatoms. The fourth-order valence-electron chi connectivity index (χ4n) is 5.94. The van der Waals surface area contributed by atoms with Crippen molar-refractivity contribution in [2.24, 2.45) is 17.3 Å². The number of piperidine rings is 1. The summed E-state index contributed by atoms with van der Waals surface area (Å²) >= 11 is 0. The van der Waals surface area contributed by atoms with Gasteiger partial charge in [0, 0.05) is 31.3 Å².